The maximum absolute atomic E-state index is 12.3. The number of anilines is 1. The summed E-state index contributed by atoms with van der Waals surface area (Å²) in [4.78, 5) is 12.3. The van der Waals surface area contributed by atoms with Gasteiger partial charge in [0.25, 0.3) is 0 Å². The van der Waals surface area contributed by atoms with E-state index in [9.17, 15) is 4.79 Å². The molecule has 1 saturated heterocycles. The summed E-state index contributed by atoms with van der Waals surface area (Å²) in [5.41, 5.74) is 3.39. The lowest BCUT2D eigenvalue weighted by molar-refractivity contribution is -0.116. The number of hydrogen-bond donors (Lipinski definition) is 2. The molecule has 1 aromatic carbocycles. The molecule has 0 radical (unpaired) electrons. The lowest BCUT2D eigenvalue weighted by Crippen LogP contribution is -2.28. The van der Waals surface area contributed by atoms with Crippen molar-refractivity contribution in [1.29, 1.82) is 0 Å². The lowest BCUT2D eigenvalue weighted by Gasteiger charge is -2.22. The van der Waals surface area contributed by atoms with Crippen LogP contribution < -0.4 is 10.6 Å². The first-order valence-corrected chi connectivity index (χ1v) is 8.18. The predicted molar refractivity (Wildman–Crippen MR) is 88.7 cm³/mol. The van der Waals surface area contributed by atoms with Crippen LogP contribution in [0.4, 0.5) is 5.69 Å². The van der Waals surface area contributed by atoms with Gasteiger partial charge in [-0.3, -0.25) is 4.79 Å². The van der Waals surface area contributed by atoms with Gasteiger partial charge in [0.05, 0.1) is 0 Å². The smallest absolute Gasteiger partial charge is 0.224 e. The van der Waals surface area contributed by atoms with Gasteiger partial charge in [-0.15, -0.1) is 0 Å². The molecule has 2 rings (SSSR count). The molecule has 1 aromatic rings. The van der Waals surface area contributed by atoms with Crippen LogP contribution in [0.1, 0.15) is 56.6 Å². The van der Waals surface area contributed by atoms with Crippen LogP contribution in [0.15, 0.2) is 18.2 Å². The Labute approximate surface area is 128 Å². The highest BCUT2D eigenvalue weighted by Gasteiger charge is 2.16. The van der Waals surface area contributed by atoms with E-state index in [-0.39, 0.29) is 5.91 Å². The van der Waals surface area contributed by atoms with E-state index in [0.29, 0.717) is 18.3 Å². The number of aryl methyl sites for hydroxylation is 1. The number of para-hydroxylation sites is 1. The molecule has 116 valence electrons. The van der Waals surface area contributed by atoms with Crippen molar-refractivity contribution >= 4 is 11.6 Å². The Morgan fingerprint density at radius 2 is 2.05 bits per heavy atom. The minimum atomic E-state index is 0.157. The molecule has 0 aromatic heterocycles. The molecular formula is C18H28N2O. The van der Waals surface area contributed by atoms with E-state index in [2.05, 4.69) is 49.6 Å². The topological polar surface area (TPSA) is 41.1 Å². The van der Waals surface area contributed by atoms with E-state index in [4.69, 9.17) is 0 Å². The zero-order valence-electron chi connectivity index (χ0n) is 13.5. The van der Waals surface area contributed by atoms with Crippen molar-refractivity contribution in [2.45, 2.75) is 52.4 Å². The van der Waals surface area contributed by atoms with Gasteiger partial charge >= 0.3 is 0 Å². The average Bonchev–Trinajstić information content (AvgIpc) is 2.48. The fourth-order valence-electron chi connectivity index (χ4n) is 3.05. The first-order valence-electron chi connectivity index (χ1n) is 8.18. The van der Waals surface area contributed by atoms with Crippen LogP contribution in [-0.2, 0) is 4.79 Å². The zero-order valence-corrected chi connectivity index (χ0v) is 13.5. The van der Waals surface area contributed by atoms with Crippen LogP contribution in [0.2, 0.25) is 0 Å². The van der Waals surface area contributed by atoms with Crippen LogP contribution in [0, 0.1) is 12.8 Å². The largest absolute Gasteiger partial charge is 0.326 e. The average molecular weight is 288 g/mol. The fraction of sp³-hybridized carbons (Fsp3) is 0.611. The maximum Gasteiger partial charge on any atom is 0.224 e. The summed E-state index contributed by atoms with van der Waals surface area (Å²) in [6.45, 7) is 8.59. The molecule has 3 heteroatoms. The van der Waals surface area contributed by atoms with Crippen molar-refractivity contribution in [3.63, 3.8) is 0 Å². The third-order valence-corrected chi connectivity index (χ3v) is 4.43. The number of carbonyl (C=O) groups excluding carboxylic acids is 1. The Morgan fingerprint density at radius 3 is 2.71 bits per heavy atom. The van der Waals surface area contributed by atoms with E-state index in [1.54, 1.807) is 0 Å². The van der Waals surface area contributed by atoms with Gasteiger partial charge in [0, 0.05) is 12.1 Å². The van der Waals surface area contributed by atoms with Gasteiger partial charge in [-0.05, 0) is 62.2 Å². The molecule has 0 bridgehead atoms. The van der Waals surface area contributed by atoms with Gasteiger partial charge in [-0.1, -0.05) is 32.0 Å². The van der Waals surface area contributed by atoms with Crippen molar-refractivity contribution in [2.75, 3.05) is 18.4 Å². The first-order chi connectivity index (χ1) is 10.1. The minimum absolute atomic E-state index is 0.157. The third kappa shape index (κ3) is 4.57. The van der Waals surface area contributed by atoms with Crippen LogP contribution in [0.5, 0.6) is 0 Å². The van der Waals surface area contributed by atoms with Gasteiger partial charge < -0.3 is 10.6 Å². The molecular weight excluding hydrogens is 260 g/mol. The Hall–Kier alpha value is -1.35. The number of rotatable bonds is 5. The Morgan fingerprint density at radius 1 is 1.33 bits per heavy atom. The lowest BCUT2D eigenvalue weighted by atomic mass is 9.93. The highest BCUT2D eigenvalue weighted by molar-refractivity contribution is 5.92. The van der Waals surface area contributed by atoms with Gasteiger partial charge in [-0.25, -0.2) is 0 Å². The van der Waals surface area contributed by atoms with E-state index in [1.165, 1.54) is 18.4 Å². The van der Waals surface area contributed by atoms with Crippen LogP contribution in [0.25, 0.3) is 0 Å². The molecule has 3 nitrogen and oxygen atoms in total. The third-order valence-electron chi connectivity index (χ3n) is 4.43. The number of amides is 1. The summed E-state index contributed by atoms with van der Waals surface area (Å²) in [6.07, 6.45) is 4.05. The normalized spacial score (nSPS) is 16.2. The number of hydrogen-bond acceptors (Lipinski definition) is 2. The van der Waals surface area contributed by atoms with E-state index >= 15 is 0 Å². The Bertz CT molecular complexity index is 476. The second-order valence-electron chi connectivity index (χ2n) is 6.47. The number of carbonyl (C=O) groups is 1. The molecule has 21 heavy (non-hydrogen) atoms. The van der Waals surface area contributed by atoms with E-state index in [0.717, 1.165) is 30.8 Å². The summed E-state index contributed by atoms with van der Waals surface area (Å²) < 4.78 is 0. The van der Waals surface area contributed by atoms with Gasteiger partial charge in [-0.2, -0.15) is 0 Å². The molecule has 1 aliphatic rings. The second-order valence-corrected chi connectivity index (χ2v) is 6.47. The monoisotopic (exact) mass is 288 g/mol. The first kappa shape index (κ1) is 16.0. The Balaban J connectivity index is 1.93. The van der Waals surface area contributed by atoms with Crippen molar-refractivity contribution in [1.82, 2.24) is 5.32 Å². The van der Waals surface area contributed by atoms with E-state index < -0.39 is 0 Å². The van der Waals surface area contributed by atoms with Crippen molar-refractivity contribution in [3.8, 4) is 0 Å². The fourth-order valence-corrected chi connectivity index (χ4v) is 3.05. The SMILES string of the molecule is Cc1cccc(C(C)C)c1NC(=O)CCC1CCNCC1. The Kier molecular flexibility index (Phi) is 5.80. The summed E-state index contributed by atoms with van der Waals surface area (Å²) in [7, 11) is 0. The summed E-state index contributed by atoms with van der Waals surface area (Å²) >= 11 is 0. The number of benzene rings is 1. The van der Waals surface area contributed by atoms with Crippen LogP contribution in [-0.4, -0.2) is 19.0 Å². The molecule has 0 aliphatic carbocycles. The zero-order chi connectivity index (χ0) is 15.2. The minimum Gasteiger partial charge on any atom is -0.326 e. The highest BCUT2D eigenvalue weighted by atomic mass is 16.1. The molecule has 0 saturated carbocycles. The van der Waals surface area contributed by atoms with Crippen LogP contribution >= 0.6 is 0 Å². The number of nitrogens with one attached hydrogen (secondary N) is 2. The standard InChI is InChI=1S/C18H28N2O/c1-13(2)16-6-4-5-14(3)18(16)20-17(21)8-7-15-9-11-19-12-10-15/h4-6,13,15,19H,7-12H2,1-3H3,(H,20,21). The molecule has 1 amide bonds. The second kappa shape index (κ2) is 7.60. The van der Waals surface area contributed by atoms with Crippen molar-refractivity contribution in [3.05, 3.63) is 29.3 Å². The van der Waals surface area contributed by atoms with Crippen molar-refractivity contribution in [2.24, 2.45) is 5.92 Å². The maximum atomic E-state index is 12.3. The predicted octanol–water partition coefficient (Wildman–Crippen LogP) is 3.84. The summed E-state index contributed by atoms with van der Waals surface area (Å²) in [5.74, 6) is 1.28. The van der Waals surface area contributed by atoms with Gasteiger partial charge in [0.15, 0.2) is 0 Å². The molecule has 1 fully saturated rings. The quantitative estimate of drug-likeness (QED) is 0.864. The van der Waals surface area contributed by atoms with E-state index in [1.807, 2.05) is 0 Å². The molecule has 1 aliphatic heterocycles. The molecule has 2 N–H and O–H groups in total. The van der Waals surface area contributed by atoms with Gasteiger partial charge in [0.1, 0.15) is 0 Å². The highest BCUT2D eigenvalue weighted by Crippen LogP contribution is 2.28. The summed E-state index contributed by atoms with van der Waals surface area (Å²) in [5, 5.41) is 6.51. The molecule has 0 spiro atoms. The summed E-state index contributed by atoms with van der Waals surface area (Å²) in [6, 6.07) is 6.24. The molecule has 0 unspecified atom stereocenters. The molecule has 0 atom stereocenters. The number of piperidine rings is 1. The van der Waals surface area contributed by atoms with Gasteiger partial charge in [0.2, 0.25) is 5.91 Å². The van der Waals surface area contributed by atoms with Crippen LogP contribution in [0.3, 0.4) is 0 Å². The van der Waals surface area contributed by atoms with Crippen molar-refractivity contribution < 1.29 is 4.79 Å². The molecule has 1 heterocycles.